The molecule has 0 aromatic heterocycles. The van der Waals surface area contributed by atoms with Crippen LogP contribution in [-0.2, 0) is 21.2 Å². The Bertz CT molecular complexity index is 932. The van der Waals surface area contributed by atoms with Crippen molar-refractivity contribution >= 4 is 37.5 Å². The highest BCUT2D eigenvalue weighted by atomic mass is 79.9. The molecule has 1 amide bonds. The zero-order valence-electron chi connectivity index (χ0n) is 16.6. The maximum Gasteiger partial charge on any atom is 0.240 e. The number of hydrogen-bond acceptors (Lipinski definition) is 5. The van der Waals surface area contributed by atoms with E-state index in [0.29, 0.717) is 30.2 Å². The molecule has 7 nitrogen and oxygen atoms in total. The largest absolute Gasteiger partial charge is 0.493 e. The van der Waals surface area contributed by atoms with E-state index >= 15 is 0 Å². The predicted molar refractivity (Wildman–Crippen MR) is 117 cm³/mol. The Labute approximate surface area is 180 Å². The van der Waals surface area contributed by atoms with Crippen LogP contribution in [-0.4, -0.2) is 47.9 Å². The zero-order valence-corrected chi connectivity index (χ0v) is 19.0. The van der Waals surface area contributed by atoms with Crippen molar-refractivity contribution in [2.75, 3.05) is 37.9 Å². The molecule has 9 heteroatoms. The van der Waals surface area contributed by atoms with E-state index in [1.54, 1.807) is 38.5 Å². The van der Waals surface area contributed by atoms with E-state index in [4.69, 9.17) is 9.47 Å². The summed E-state index contributed by atoms with van der Waals surface area (Å²) < 4.78 is 36.6. The van der Waals surface area contributed by atoms with Gasteiger partial charge in [0.05, 0.1) is 26.2 Å². The Hall–Kier alpha value is -2.26. The van der Waals surface area contributed by atoms with E-state index in [9.17, 15) is 13.2 Å². The number of carbonyl (C=O) groups is 1. The monoisotopic (exact) mass is 484 g/mol. The molecule has 0 spiro atoms. The van der Waals surface area contributed by atoms with Gasteiger partial charge in [-0.15, -0.1) is 0 Å². The fourth-order valence-electron chi connectivity index (χ4n) is 2.75. The van der Waals surface area contributed by atoms with Crippen molar-refractivity contribution in [2.45, 2.75) is 12.8 Å². The van der Waals surface area contributed by atoms with E-state index in [1.165, 1.54) is 0 Å². The highest BCUT2D eigenvalue weighted by molar-refractivity contribution is 9.10. The van der Waals surface area contributed by atoms with Crippen molar-refractivity contribution in [2.24, 2.45) is 0 Å². The van der Waals surface area contributed by atoms with Crippen LogP contribution in [0.3, 0.4) is 0 Å². The minimum atomic E-state index is -3.58. The quantitative estimate of drug-likeness (QED) is 0.524. The number of rotatable bonds is 10. The molecule has 29 heavy (non-hydrogen) atoms. The maximum absolute atomic E-state index is 12.3. The second kappa shape index (κ2) is 10.5. The number of hydrogen-bond donors (Lipinski definition) is 1. The van der Waals surface area contributed by atoms with Gasteiger partial charge >= 0.3 is 0 Å². The molecule has 2 rings (SSSR count). The van der Waals surface area contributed by atoms with Crippen molar-refractivity contribution in [1.82, 2.24) is 5.32 Å². The number of amides is 1. The zero-order chi connectivity index (χ0) is 21.4. The van der Waals surface area contributed by atoms with Gasteiger partial charge in [0.25, 0.3) is 0 Å². The molecule has 0 fully saturated rings. The van der Waals surface area contributed by atoms with Crippen LogP contribution in [0.25, 0.3) is 0 Å². The number of carbonyl (C=O) groups excluding carboxylic acids is 1. The third-order valence-corrected chi connectivity index (χ3v) is 5.88. The number of nitrogens with one attached hydrogen (secondary N) is 1. The van der Waals surface area contributed by atoms with E-state index in [2.05, 4.69) is 21.2 Å². The predicted octanol–water partition coefficient (Wildman–Crippen LogP) is 2.98. The summed E-state index contributed by atoms with van der Waals surface area (Å²) in [6, 6.07) is 12.4. The topological polar surface area (TPSA) is 84.9 Å². The molecule has 0 saturated carbocycles. The molecule has 0 atom stereocenters. The summed E-state index contributed by atoms with van der Waals surface area (Å²) in [6.07, 6.45) is 2.53. The number of sulfonamides is 1. The number of ether oxygens (including phenoxy) is 2. The molecule has 1 N–H and O–H groups in total. The summed E-state index contributed by atoms with van der Waals surface area (Å²) >= 11 is 3.31. The van der Waals surface area contributed by atoms with Crippen LogP contribution in [0.15, 0.2) is 46.9 Å². The summed E-state index contributed by atoms with van der Waals surface area (Å²) in [5, 5.41) is 2.78. The maximum atomic E-state index is 12.3. The van der Waals surface area contributed by atoms with Crippen LogP contribution >= 0.6 is 15.9 Å². The Morgan fingerprint density at radius 1 is 1.07 bits per heavy atom. The fourth-order valence-corrected chi connectivity index (χ4v) is 3.87. The van der Waals surface area contributed by atoms with Gasteiger partial charge < -0.3 is 14.8 Å². The van der Waals surface area contributed by atoms with Crippen LogP contribution in [0.2, 0.25) is 0 Å². The minimum Gasteiger partial charge on any atom is -0.493 e. The third kappa shape index (κ3) is 6.93. The van der Waals surface area contributed by atoms with Gasteiger partial charge in [-0.3, -0.25) is 9.10 Å². The van der Waals surface area contributed by atoms with Crippen molar-refractivity contribution in [1.29, 1.82) is 0 Å². The van der Waals surface area contributed by atoms with E-state index in [0.717, 1.165) is 27.0 Å². The molecule has 2 aromatic carbocycles. The Balaban J connectivity index is 1.89. The van der Waals surface area contributed by atoms with Gasteiger partial charge in [0.15, 0.2) is 11.5 Å². The highest BCUT2D eigenvalue weighted by Gasteiger charge is 2.20. The van der Waals surface area contributed by atoms with Crippen molar-refractivity contribution in [3.63, 3.8) is 0 Å². The molecule has 0 saturated heterocycles. The summed E-state index contributed by atoms with van der Waals surface area (Å²) in [5.74, 6) is 0.969. The first-order valence-electron chi connectivity index (χ1n) is 8.95. The lowest BCUT2D eigenvalue weighted by Gasteiger charge is -2.22. The molecule has 0 unspecified atom stereocenters. The first kappa shape index (κ1) is 23.0. The smallest absolute Gasteiger partial charge is 0.240 e. The van der Waals surface area contributed by atoms with E-state index in [1.807, 2.05) is 18.2 Å². The Morgan fingerprint density at radius 3 is 2.31 bits per heavy atom. The van der Waals surface area contributed by atoms with Crippen LogP contribution in [0.4, 0.5) is 5.69 Å². The normalized spacial score (nSPS) is 11.0. The summed E-state index contributed by atoms with van der Waals surface area (Å²) in [6.45, 7) is 0.169. The third-order valence-electron chi connectivity index (χ3n) is 4.21. The molecule has 0 aliphatic carbocycles. The van der Waals surface area contributed by atoms with Crippen molar-refractivity contribution in [3.05, 3.63) is 52.5 Å². The first-order valence-corrected chi connectivity index (χ1v) is 11.6. The fraction of sp³-hybridized carbons (Fsp3) is 0.350. The molecular weight excluding hydrogens is 460 g/mol. The van der Waals surface area contributed by atoms with E-state index < -0.39 is 10.0 Å². The van der Waals surface area contributed by atoms with Gasteiger partial charge in [-0.25, -0.2) is 8.42 Å². The van der Waals surface area contributed by atoms with Gasteiger partial charge in [0.1, 0.15) is 6.54 Å². The molecule has 2 aromatic rings. The number of anilines is 1. The summed E-state index contributed by atoms with van der Waals surface area (Å²) in [5.41, 5.74) is 1.50. The molecule has 0 aliphatic heterocycles. The SMILES string of the molecule is COc1ccc(CCCNC(=O)CN(c2ccc(Br)cc2)S(C)(=O)=O)cc1OC. The summed E-state index contributed by atoms with van der Waals surface area (Å²) in [4.78, 5) is 12.3. The minimum absolute atomic E-state index is 0.267. The number of benzene rings is 2. The summed E-state index contributed by atoms with van der Waals surface area (Å²) in [7, 11) is -0.414. The molecule has 0 aliphatic rings. The second-order valence-electron chi connectivity index (χ2n) is 6.39. The number of nitrogens with zero attached hydrogens (tertiary/aromatic N) is 1. The average Bonchev–Trinajstić information content (AvgIpc) is 2.69. The molecule has 158 valence electrons. The van der Waals surface area contributed by atoms with Gasteiger partial charge in [0, 0.05) is 11.0 Å². The van der Waals surface area contributed by atoms with Crippen LogP contribution in [0.5, 0.6) is 11.5 Å². The average molecular weight is 485 g/mol. The number of aryl methyl sites for hydroxylation is 1. The standard InChI is InChI=1S/C20H25BrN2O5S/c1-27-18-11-6-15(13-19(18)28-2)5-4-12-22-20(24)14-23(29(3,25)26)17-9-7-16(21)8-10-17/h6-11,13H,4-5,12,14H2,1-3H3,(H,22,24). The van der Waals surface area contributed by atoms with Gasteiger partial charge in [-0.05, 0) is 54.8 Å². The number of halogens is 1. The van der Waals surface area contributed by atoms with Gasteiger partial charge in [0.2, 0.25) is 15.9 Å². The Morgan fingerprint density at radius 2 is 1.72 bits per heavy atom. The van der Waals surface area contributed by atoms with Gasteiger partial charge in [-0.2, -0.15) is 0 Å². The van der Waals surface area contributed by atoms with Crippen molar-refractivity contribution < 1.29 is 22.7 Å². The van der Waals surface area contributed by atoms with Crippen LogP contribution < -0.4 is 19.1 Å². The Kier molecular flexibility index (Phi) is 8.33. The lowest BCUT2D eigenvalue weighted by Crippen LogP contribution is -2.40. The second-order valence-corrected chi connectivity index (χ2v) is 9.21. The highest BCUT2D eigenvalue weighted by Crippen LogP contribution is 2.28. The molecule has 0 bridgehead atoms. The molecule has 0 radical (unpaired) electrons. The van der Waals surface area contributed by atoms with Gasteiger partial charge in [-0.1, -0.05) is 22.0 Å². The molecule has 0 heterocycles. The van der Waals surface area contributed by atoms with Crippen LogP contribution in [0, 0.1) is 0 Å². The van der Waals surface area contributed by atoms with Crippen LogP contribution in [0.1, 0.15) is 12.0 Å². The number of methoxy groups -OCH3 is 2. The lowest BCUT2D eigenvalue weighted by molar-refractivity contribution is -0.119. The van der Waals surface area contributed by atoms with Crippen molar-refractivity contribution in [3.8, 4) is 11.5 Å². The lowest BCUT2D eigenvalue weighted by atomic mass is 10.1. The van der Waals surface area contributed by atoms with E-state index in [-0.39, 0.29) is 12.5 Å². The first-order chi connectivity index (χ1) is 13.7. The molecular formula is C20H25BrN2O5S.